The molecule has 6 nitrogen and oxygen atoms in total. The molecule has 29 heavy (non-hydrogen) atoms. The zero-order valence-corrected chi connectivity index (χ0v) is 17.3. The van der Waals surface area contributed by atoms with E-state index < -0.39 is 0 Å². The number of aromatic nitrogens is 1. The molecule has 1 heterocycles. The second-order valence-electron chi connectivity index (χ2n) is 6.96. The molecule has 0 aliphatic rings. The van der Waals surface area contributed by atoms with Crippen LogP contribution in [0.15, 0.2) is 52.9 Å². The van der Waals surface area contributed by atoms with Crippen molar-refractivity contribution in [1.29, 1.82) is 0 Å². The highest BCUT2D eigenvalue weighted by atomic mass is 16.5. The first-order valence-electron chi connectivity index (χ1n) is 9.49. The number of anilines is 1. The van der Waals surface area contributed by atoms with E-state index in [9.17, 15) is 4.79 Å². The molecule has 0 spiro atoms. The molecular formula is C23H26N2O4. The average Bonchev–Trinajstić information content (AvgIpc) is 3.09. The molecule has 152 valence electrons. The summed E-state index contributed by atoms with van der Waals surface area (Å²) in [5.74, 6) is 1.85. The van der Waals surface area contributed by atoms with Crippen LogP contribution in [-0.4, -0.2) is 38.8 Å². The maximum atomic E-state index is 11.4. The molecule has 0 N–H and O–H groups in total. The van der Waals surface area contributed by atoms with Crippen LogP contribution < -0.4 is 9.64 Å². The predicted octanol–water partition coefficient (Wildman–Crippen LogP) is 4.05. The van der Waals surface area contributed by atoms with Gasteiger partial charge < -0.3 is 18.8 Å². The topological polar surface area (TPSA) is 64.8 Å². The Morgan fingerprint density at radius 1 is 1.14 bits per heavy atom. The lowest BCUT2D eigenvalue weighted by Crippen LogP contribution is -2.07. The van der Waals surface area contributed by atoms with Gasteiger partial charge in [0.2, 0.25) is 5.89 Å². The van der Waals surface area contributed by atoms with Crippen LogP contribution in [-0.2, 0) is 22.4 Å². The van der Waals surface area contributed by atoms with Gasteiger partial charge in [-0.3, -0.25) is 4.79 Å². The zero-order chi connectivity index (χ0) is 20.8. The van der Waals surface area contributed by atoms with Gasteiger partial charge >= 0.3 is 5.97 Å². The summed E-state index contributed by atoms with van der Waals surface area (Å²) in [5, 5.41) is 0. The second-order valence-corrected chi connectivity index (χ2v) is 6.96. The van der Waals surface area contributed by atoms with E-state index in [-0.39, 0.29) is 12.4 Å². The summed E-state index contributed by atoms with van der Waals surface area (Å²) in [4.78, 5) is 18.1. The number of hydrogen-bond donors (Lipinski definition) is 0. The van der Waals surface area contributed by atoms with Crippen LogP contribution in [0.25, 0.3) is 11.5 Å². The van der Waals surface area contributed by atoms with Gasteiger partial charge in [-0.1, -0.05) is 12.1 Å². The predicted molar refractivity (Wildman–Crippen MR) is 112 cm³/mol. The van der Waals surface area contributed by atoms with Gasteiger partial charge in [0, 0.05) is 31.8 Å². The van der Waals surface area contributed by atoms with Crippen molar-refractivity contribution in [3.05, 3.63) is 65.5 Å². The van der Waals surface area contributed by atoms with Gasteiger partial charge in [-0.05, 0) is 48.9 Å². The summed E-state index contributed by atoms with van der Waals surface area (Å²) in [6.07, 6.45) is 0.860. The molecule has 3 aromatic rings. The van der Waals surface area contributed by atoms with Crippen LogP contribution in [0.2, 0.25) is 0 Å². The number of hydrogen-bond acceptors (Lipinski definition) is 6. The highest BCUT2D eigenvalue weighted by molar-refractivity contribution is 5.72. The fourth-order valence-corrected chi connectivity index (χ4v) is 2.94. The number of rotatable bonds is 8. The maximum Gasteiger partial charge on any atom is 0.309 e. The monoisotopic (exact) mass is 394 g/mol. The van der Waals surface area contributed by atoms with Crippen molar-refractivity contribution < 1.29 is 18.7 Å². The Bertz CT molecular complexity index is 961. The molecule has 6 heteroatoms. The van der Waals surface area contributed by atoms with Crippen LogP contribution in [0.1, 0.15) is 17.0 Å². The fraction of sp³-hybridized carbons (Fsp3) is 0.304. The van der Waals surface area contributed by atoms with E-state index in [2.05, 4.69) is 4.98 Å². The van der Waals surface area contributed by atoms with Gasteiger partial charge in [-0.25, -0.2) is 4.98 Å². The number of aryl methyl sites for hydroxylation is 1. The van der Waals surface area contributed by atoms with Crippen molar-refractivity contribution >= 4 is 11.7 Å². The summed E-state index contributed by atoms with van der Waals surface area (Å²) < 4.78 is 16.4. The number of esters is 1. The van der Waals surface area contributed by atoms with E-state index in [0.717, 1.165) is 28.3 Å². The van der Waals surface area contributed by atoms with Crippen molar-refractivity contribution in [2.24, 2.45) is 0 Å². The van der Waals surface area contributed by atoms with Gasteiger partial charge in [0.05, 0.1) is 25.8 Å². The van der Waals surface area contributed by atoms with Crippen LogP contribution in [0, 0.1) is 6.92 Å². The Kier molecular flexibility index (Phi) is 6.54. The molecule has 0 bridgehead atoms. The Morgan fingerprint density at radius 2 is 1.90 bits per heavy atom. The third-order valence-electron chi connectivity index (χ3n) is 4.61. The first kappa shape index (κ1) is 20.5. The van der Waals surface area contributed by atoms with Crippen molar-refractivity contribution in [3.63, 3.8) is 0 Å². The minimum atomic E-state index is -0.272. The average molecular weight is 394 g/mol. The lowest BCUT2D eigenvalue weighted by Gasteiger charge is -2.11. The lowest BCUT2D eigenvalue weighted by atomic mass is 10.1. The van der Waals surface area contributed by atoms with Gasteiger partial charge in [0.15, 0.2) is 0 Å². The molecule has 1 aromatic heterocycles. The quantitative estimate of drug-likeness (QED) is 0.537. The minimum absolute atomic E-state index is 0.228. The number of benzene rings is 2. The number of carbonyl (C=O) groups excluding carboxylic acids is 1. The molecule has 3 rings (SSSR count). The zero-order valence-electron chi connectivity index (χ0n) is 17.3. The largest absolute Gasteiger partial charge is 0.493 e. The highest BCUT2D eigenvalue weighted by Gasteiger charge is 2.12. The molecule has 0 fully saturated rings. The first-order valence-corrected chi connectivity index (χ1v) is 9.49. The second kappa shape index (κ2) is 9.28. The van der Waals surface area contributed by atoms with E-state index in [0.29, 0.717) is 24.7 Å². The molecule has 2 aromatic carbocycles. The first-order chi connectivity index (χ1) is 14.0. The Hall–Kier alpha value is -3.28. The standard InChI is InChI=1S/C23H26N2O4/c1-16-21(24-23(29-16)18-8-10-19(11-9-18)25(2)3)12-13-28-20-7-5-6-17(14-20)15-22(26)27-4/h5-11,14H,12-13,15H2,1-4H3. The molecule has 0 atom stereocenters. The molecular weight excluding hydrogens is 368 g/mol. The number of ether oxygens (including phenoxy) is 2. The number of oxazole rings is 1. The highest BCUT2D eigenvalue weighted by Crippen LogP contribution is 2.24. The van der Waals surface area contributed by atoms with Crippen LogP contribution in [0.5, 0.6) is 5.75 Å². The third-order valence-corrected chi connectivity index (χ3v) is 4.61. The van der Waals surface area contributed by atoms with Gasteiger partial charge in [-0.2, -0.15) is 0 Å². The molecule has 0 unspecified atom stereocenters. The smallest absolute Gasteiger partial charge is 0.309 e. The summed E-state index contributed by atoms with van der Waals surface area (Å²) in [6.45, 7) is 2.38. The SMILES string of the molecule is COC(=O)Cc1cccc(OCCc2nc(-c3ccc(N(C)C)cc3)oc2C)c1. The normalized spacial score (nSPS) is 10.6. The molecule has 0 saturated carbocycles. The number of nitrogens with zero attached hydrogens (tertiary/aromatic N) is 2. The Labute approximate surface area is 171 Å². The van der Waals surface area contributed by atoms with E-state index in [1.807, 2.05) is 74.4 Å². The molecule has 0 saturated heterocycles. The Balaban J connectivity index is 1.60. The molecule has 0 aliphatic heterocycles. The van der Waals surface area contributed by atoms with E-state index in [1.54, 1.807) is 0 Å². The third kappa shape index (κ3) is 5.38. The van der Waals surface area contributed by atoms with E-state index in [4.69, 9.17) is 13.9 Å². The van der Waals surface area contributed by atoms with Crippen LogP contribution >= 0.6 is 0 Å². The van der Waals surface area contributed by atoms with Gasteiger partial charge in [-0.15, -0.1) is 0 Å². The van der Waals surface area contributed by atoms with E-state index >= 15 is 0 Å². The Morgan fingerprint density at radius 3 is 2.59 bits per heavy atom. The minimum Gasteiger partial charge on any atom is -0.493 e. The summed E-state index contributed by atoms with van der Waals surface area (Å²) >= 11 is 0. The summed E-state index contributed by atoms with van der Waals surface area (Å²) in [6, 6.07) is 15.6. The molecule has 0 amide bonds. The van der Waals surface area contributed by atoms with Gasteiger partial charge in [0.1, 0.15) is 11.5 Å². The van der Waals surface area contributed by atoms with Gasteiger partial charge in [0.25, 0.3) is 0 Å². The van der Waals surface area contributed by atoms with Crippen LogP contribution in [0.4, 0.5) is 5.69 Å². The van der Waals surface area contributed by atoms with E-state index in [1.165, 1.54) is 7.11 Å². The summed E-state index contributed by atoms with van der Waals surface area (Å²) in [5.41, 5.74) is 3.80. The van der Waals surface area contributed by atoms with Crippen LogP contribution in [0.3, 0.4) is 0 Å². The summed E-state index contributed by atoms with van der Waals surface area (Å²) in [7, 11) is 5.40. The fourth-order valence-electron chi connectivity index (χ4n) is 2.94. The molecule has 0 radical (unpaired) electrons. The number of carbonyl (C=O) groups is 1. The lowest BCUT2D eigenvalue weighted by molar-refractivity contribution is -0.139. The van der Waals surface area contributed by atoms with Crippen molar-refractivity contribution in [2.45, 2.75) is 19.8 Å². The molecule has 0 aliphatic carbocycles. The van der Waals surface area contributed by atoms with Crippen molar-refractivity contribution in [2.75, 3.05) is 32.7 Å². The number of methoxy groups -OCH3 is 1. The van der Waals surface area contributed by atoms with Crippen molar-refractivity contribution in [1.82, 2.24) is 4.98 Å². The van der Waals surface area contributed by atoms with Crippen molar-refractivity contribution in [3.8, 4) is 17.2 Å². The maximum absolute atomic E-state index is 11.4.